The molecule has 6 heteroatoms. The number of aromatic nitrogens is 2. The summed E-state index contributed by atoms with van der Waals surface area (Å²) < 4.78 is 0. The first kappa shape index (κ1) is 12.0. The number of carbonyl (C=O) groups is 1. The Hall–Kier alpha value is -2.47. The van der Waals surface area contributed by atoms with Gasteiger partial charge in [-0.3, -0.25) is 9.78 Å². The zero-order chi connectivity index (χ0) is 12.8. The first-order valence-electron chi connectivity index (χ1n) is 5.39. The lowest BCUT2D eigenvalue weighted by Crippen LogP contribution is -2.23. The molecule has 0 saturated heterocycles. The third kappa shape index (κ3) is 3.02. The van der Waals surface area contributed by atoms with Gasteiger partial charge in [-0.2, -0.15) is 0 Å². The van der Waals surface area contributed by atoms with E-state index in [-0.39, 0.29) is 5.91 Å². The topological polar surface area (TPSA) is 92.9 Å². The fraction of sp³-hybridized carbons (Fsp3) is 0.0833. The van der Waals surface area contributed by atoms with Gasteiger partial charge in [0.1, 0.15) is 5.82 Å². The van der Waals surface area contributed by atoms with E-state index < -0.39 is 0 Å². The molecule has 0 spiro atoms. The summed E-state index contributed by atoms with van der Waals surface area (Å²) in [5, 5.41) is 2.79. The Morgan fingerprint density at radius 2 is 2.22 bits per heavy atom. The van der Waals surface area contributed by atoms with Crippen molar-refractivity contribution in [3.63, 3.8) is 0 Å². The summed E-state index contributed by atoms with van der Waals surface area (Å²) in [7, 11) is 0. The summed E-state index contributed by atoms with van der Waals surface area (Å²) in [5.41, 5.74) is 3.84. The summed E-state index contributed by atoms with van der Waals surface area (Å²) in [4.78, 5) is 19.8. The Kier molecular flexibility index (Phi) is 3.83. The van der Waals surface area contributed by atoms with E-state index in [0.29, 0.717) is 17.9 Å². The number of rotatable bonds is 4. The Balaban J connectivity index is 1.99. The van der Waals surface area contributed by atoms with Crippen molar-refractivity contribution in [2.24, 2.45) is 5.84 Å². The number of nitrogen functional groups attached to an aromatic ring is 1. The Bertz CT molecular complexity index is 529. The molecule has 1 amide bonds. The number of hydrogen-bond donors (Lipinski definition) is 3. The maximum atomic E-state index is 11.9. The van der Waals surface area contributed by atoms with Crippen LogP contribution in [0.3, 0.4) is 0 Å². The average Bonchev–Trinajstić information content (AvgIpc) is 2.46. The summed E-state index contributed by atoms with van der Waals surface area (Å²) >= 11 is 0. The Morgan fingerprint density at radius 1 is 1.33 bits per heavy atom. The smallest absolute Gasteiger partial charge is 0.251 e. The van der Waals surface area contributed by atoms with Crippen LogP contribution in [0.1, 0.15) is 15.9 Å². The number of amides is 1. The molecule has 2 aromatic heterocycles. The number of pyridine rings is 2. The van der Waals surface area contributed by atoms with E-state index in [9.17, 15) is 4.79 Å². The van der Waals surface area contributed by atoms with Gasteiger partial charge in [0.15, 0.2) is 0 Å². The largest absolute Gasteiger partial charge is 0.348 e. The predicted octanol–water partition coefficient (Wildman–Crippen LogP) is 0.692. The zero-order valence-electron chi connectivity index (χ0n) is 9.63. The van der Waals surface area contributed by atoms with Gasteiger partial charge < -0.3 is 10.7 Å². The molecule has 0 aromatic carbocycles. The van der Waals surface area contributed by atoms with Crippen LogP contribution in [0.5, 0.6) is 0 Å². The molecule has 0 aliphatic rings. The number of hydrogen-bond acceptors (Lipinski definition) is 5. The molecule has 0 aliphatic carbocycles. The SMILES string of the molecule is NNc1cc(C(=O)NCc2cccnc2)ccn1. The molecule has 0 saturated carbocycles. The van der Waals surface area contributed by atoms with Gasteiger partial charge in [0.05, 0.1) is 0 Å². The molecule has 0 aliphatic heterocycles. The van der Waals surface area contributed by atoms with Crippen LogP contribution in [0.25, 0.3) is 0 Å². The van der Waals surface area contributed by atoms with Crippen molar-refractivity contribution in [2.45, 2.75) is 6.54 Å². The first-order valence-corrected chi connectivity index (χ1v) is 5.39. The van der Waals surface area contributed by atoms with Crippen molar-refractivity contribution < 1.29 is 4.79 Å². The Labute approximate surface area is 104 Å². The molecule has 2 heterocycles. The molecule has 2 aromatic rings. The molecule has 0 bridgehead atoms. The van der Waals surface area contributed by atoms with Crippen molar-refractivity contribution in [2.75, 3.05) is 5.43 Å². The second kappa shape index (κ2) is 5.74. The van der Waals surface area contributed by atoms with Crippen LogP contribution in [0, 0.1) is 0 Å². The summed E-state index contributed by atoms with van der Waals surface area (Å²) in [6, 6.07) is 6.93. The number of nitrogens with zero attached hydrogens (tertiary/aromatic N) is 2. The number of nitrogens with two attached hydrogens (primary N) is 1. The number of hydrazine groups is 1. The Morgan fingerprint density at radius 3 is 2.94 bits per heavy atom. The molecule has 92 valence electrons. The van der Waals surface area contributed by atoms with Crippen LogP contribution in [0.4, 0.5) is 5.82 Å². The fourth-order valence-corrected chi connectivity index (χ4v) is 1.44. The van der Waals surface area contributed by atoms with Gasteiger partial charge >= 0.3 is 0 Å². The van der Waals surface area contributed by atoms with E-state index in [1.807, 2.05) is 12.1 Å². The van der Waals surface area contributed by atoms with E-state index in [4.69, 9.17) is 5.84 Å². The highest BCUT2D eigenvalue weighted by Gasteiger charge is 2.06. The number of anilines is 1. The van der Waals surface area contributed by atoms with Crippen LogP contribution in [-0.2, 0) is 6.54 Å². The van der Waals surface area contributed by atoms with Crippen LogP contribution < -0.4 is 16.6 Å². The average molecular weight is 243 g/mol. The molecule has 4 N–H and O–H groups in total. The van der Waals surface area contributed by atoms with Gasteiger partial charge in [0.25, 0.3) is 5.91 Å². The lowest BCUT2D eigenvalue weighted by molar-refractivity contribution is 0.0951. The fourth-order valence-electron chi connectivity index (χ4n) is 1.44. The minimum absolute atomic E-state index is 0.183. The second-order valence-electron chi connectivity index (χ2n) is 3.62. The highest BCUT2D eigenvalue weighted by molar-refractivity contribution is 5.94. The van der Waals surface area contributed by atoms with E-state index in [1.165, 1.54) is 6.20 Å². The van der Waals surface area contributed by atoms with E-state index in [1.54, 1.807) is 24.5 Å². The van der Waals surface area contributed by atoms with Crippen LogP contribution in [0.2, 0.25) is 0 Å². The molecule has 0 fully saturated rings. The lowest BCUT2D eigenvalue weighted by Gasteiger charge is -2.06. The predicted molar refractivity (Wildman–Crippen MR) is 67.5 cm³/mol. The molecule has 0 atom stereocenters. The molecule has 6 nitrogen and oxygen atoms in total. The van der Waals surface area contributed by atoms with Crippen molar-refractivity contribution in [3.8, 4) is 0 Å². The minimum atomic E-state index is -0.183. The van der Waals surface area contributed by atoms with Crippen LogP contribution in [-0.4, -0.2) is 15.9 Å². The van der Waals surface area contributed by atoms with Gasteiger partial charge in [0.2, 0.25) is 0 Å². The third-order valence-electron chi connectivity index (χ3n) is 2.35. The monoisotopic (exact) mass is 243 g/mol. The van der Waals surface area contributed by atoms with Crippen molar-refractivity contribution in [3.05, 3.63) is 54.0 Å². The quantitative estimate of drug-likeness (QED) is 0.542. The highest BCUT2D eigenvalue weighted by atomic mass is 16.1. The lowest BCUT2D eigenvalue weighted by atomic mass is 10.2. The maximum absolute atomic E-state index is 11.9. The highest BCUT2D eigenvalue weighted by Crippen LogP contribution is 2.05. The van der Waals surface area contributed by atoms with E-state index in [2.05, 4.69) is 20.7 Å². The maximum Gasteiger partial charge on any atom is 0.251 e. The van der Waals surface area contributed by atoms with Crippen molar-refractivity contribution in [1.82, 2.24) is 15.3 Å². The van der Waals surface area contributed by atoms with Gasteiger partial charge in [-0.05, 0) is 23.8 Å². The van der Waals surface area contributed by atoms with Crippen LogP contribution >= 0.6 is 0 Å². The van der Waals surface area contributed by atoms with E-state index >= 15 is 0 Å². The number of nitrogens with one attached hydrogen (secondary N) is 2. The van der Waals surface area contributed by atoms with Gasteiger partial charge in [-0.25, -0.2) is 10.8 Å². The minimum Gasteiger partial charge on any atom is -0.348 e. The van der Waals surface area contributed by atoms with Crippen LogP contribution in [0.15, 0.2) is 42.9 Å². The van der Waals surface area contributed by atoms with Crippen molar-refractivity contribution >= 4 is 11.7 Å². The molecule has 0 radical (unpaired) electrons. The van der Waals surface area contributed by atoms with Gasteiger partial charge in [0, 0.05) is 30.7 Å². The summed E-state index contributed by atoms with van der Waals surface area (Å²) in [5.74, 6) is 5.50. The third-order valence-corrected chi connectivity index (χ3v) is 2.35. The first-order chi connectivity index (χ1) is 8.79. The molecule has 2 rings (SSSR count). The molecular formula is C12H13N5O. The van der Waals surface area contributed by atoms with Gasteiger partial charge in [-0.1, -0.05) is 6.07 Å². The second-order valence-corrected chi connectivity index (χ2v) is 3.62. The molecule has 0 unspecified atom stereocenters. The summed E-state index contributed by atoms with van der Waals surface area (Å²) in [6.07, 6.45) is 4.92. The van der Waals surface area contributed by atoms with Gasteiger partial charge in [-0.15, -0.1) is 0 Å². The number of carbonyl (C=O) groups excluding carboxylic acids is 1. The zero-order valence-corrected chi connectivity index (χ0v) is 9.63. The van der Waals surface area contributed by atoms with Crippen molar-refractivity contribution in [1.29, 1.82) is 0 Å². The van der Waals surface area contributed by atoms with E-state index in [0.717, 1.165) is 5.56 Å². The molecular weight excluding hydrogens is 230 g/mol. The standard InChI is InChI=1S/C12H13N5O/c13-17-11-6-10(3-5-15-11)12(18)16-8-9-2-1-4-14-7-9/h1-7H,8,13H2,(H,15,17)(H,16,18). The summed E-state index contributed by atoms with van der Waals surface area (Å²) in [6.45, 7) is 0.431. The normalized spacial score (nSPS) is 9.83. The molecule has 18 heavy (non-hydrogen) atoms.